The predicted octanol–water partition coefficient (Wildman–Crippen LogP) is 4.33. The number of carbonyl (C=O) groups excluding carboxylic acids is 2. The summed E-state index contributed by atoms with van der Waals surface area (Å²) in [4.78, 5) is 24.1. The fourth-order valence-corrected chi connectivity index (χ4v) is 2.26. The van der Waals surface area contributed by atoms with Crippen molar-refractivity contribution in [2.75, 3.05) is 10.6 Å². The van der Waals surface area contributed by atoms with Crippen molar-refractivity contribution in [1.29, 1.82) is 0 Å². The monoisotopic (exact) mass is 334 g/mol. The quantitative estimate of drug-likeness (QED) is 0.746. The Balaban J connectivity index is 1.64. The first-order chi connectivity index (χ1) is 12.1. The molecular formula is C20H15FN2O2. The first kappa shape index (κ1) is 16.4. The smallest absolute Gasteiger partial charge is 0.255 e. The highest BCUT2D eigenvalue weighted by atomic mass is 19.1. The second-order valence-electron chi connectivity index (χ2n) is 5.36. The predicted molar refractivity (Wildman–Crippen MR) is 95.2 cm³/mol. The van der Waals surface area contributed by atoms with Gasteiger partial charge < -0.3 is 10.6 Å². The minimum absolute atomic E-state index is 0.211. The second kappa shape index (κ2) is 7.40. The van der Waals surface area contributed by atoms with Gasteiger partial charge in [0.2, 0.25) is 0 Å². The van der Waals surface area contributed by atoms with Crippen LogP contribution in [0.1, 0.15) is 20.7 Å². The lowest BCUT2D eigenvalue weighted by Crippen LogP contribution is -2.13. The summed E-state index contributed by atoms with van der Waals surface area (Å²) in [5.41, 5.74) is 1.96. The van der Waals surface area contributed by atoms with Crippen molar-refractivity contribution in [2.45, 2.75) is 0 Å². The summed E-state index contributed by atoms with van der Waals surface area (Å²) in [5, 5.41) is 5.46. The Morgan fingerprint density at radius 2 is 1.16 bits per heavy atom. The normalized spacial score (nSPS) is 10.1. The number of benzene rings is 3. The first-order valence-corrected chi connectivity index (χ1v) is 7.65. The van der Waals surface area contributed by atoms with E-state index in [1.807, 2.05) is 6.07 Å². The third kappa shape index (κ3) is 4.29. The van der Waals surface area contributed by atoms with Crippen LogP contribution >= 0.6 is 0 Å². The fraction of sp³-hybridized carbons (Fsp3) is 0. The van der Waals surface area contributed by atoms with Crippen molar-refractivity contribution in [2.24, 2.45) is 0 Å². The Hall–Kier alpha value is -3.47. The van der Waals surface area contributed by atoms with E-state index < -0.39 is 11.7 Å². The number of hydrogen-bond acceptors (Lipinski definition) is 2. The Bertz CT molecular complexity index is 893. The largest absolute Gasteiger partial charge is 0.322 e. The molecule has 0 heterocycles. The first-order valence-electron chi connectivity index (χ1n) is 7.65. The maximum Gasteiger partial charge on any atom is 0.255 e. The summed E-state index contributed by atoms with van der Waals surface area (Å²) in [6.45, 7) is 0. The van der Waals surface area contributed by atoms with Gasteiger partial charge in [-0.05, 0) is 54.6 Å². The molecule has 3 aromatic carbocycles. The van der Waals surface area contributed by atoms with Gasteiger partial charge in [0, 0.05) is 22.5 Å². The highest BCUT2D eigenvalue weighted by Crippen LogP contribution is 2.16. The van der Waals surface area contributed by atoms with Crippen molar-refractivity contribution in [1.82, 2.24) is 0 Å². The SMILES string of the molecule is O=C(Nc1ccc(NC(=O)c2cccc(F)c2)cc1)c1ccccc1. The minimum Gasteiger partial charge on any atom is -0.322 e. The Morgan fingerprint density at radius 1 is 0.640 bits per heavy atom. The maximum absolute atomic E-state index is 13.2. The van der Waals surface area contributed by atoms with Crippen molar-refractivity contribution in [3.8, 4) is 0 Å². The van der Waals surface area contributed by atoms with E-state index in [1.165, 1.54) is 24.3 Å². The number of nitrogens with one attached hydrogen (secondary N) is 2. The molecular weight excluding hydrogens is 319 g/mol. The van der Waals surface area contributed by atoms with Crippen LogP contribution in [-0.2, 0) is 0 Å². The average Bonchev–Trinajstić information content (AvgIpc) is 2.64. The number of rotatable bonds is 4. The Kier molecular flexibility index (Phi) is 4.85. The summed E-state index contributed by atoms with van der Waals surface area (Å²) in [5.74, 6) is -1.08. The Labute approximate surface area is 144 Å². The zero-order valence-electron chi connectivity index (χ0n) is 13.2. The topological polar surface area (TPSA) is 58.2 Å². The zero-order chi connectivity index (χ0) is 17.6. The standard InChI is InChI=1S/C20H15FN2O2/c21-16-8-4-7-15(13-16)20(25)23-18-11-9-17(10-12-18)22-19(24)14-5-2-1-3-6-14/h1-13H,(H,22,24)(H,23,25). The van der Waals surface area contributed by atoms with Crippen LogP contribution < -0.4 is 10.6 Å². The van der Waals surface area contributed by atoms with E-state index in [9.17, 15) is 14.0 Å². The van der Waals surface area contributed by atoms with Crippen LogP contribution in [0, 0.1) is 5.82 Å². The molecule has 0 aliphatic rings. The number of anilines is 2. The molecule has 0 atom stereocenters. The lowest BCUT2D eigenvalue weighted by Gasteiger charge is -2.08. The average molecular weight is 334 g/mol. The van der Waals surface area contributed by atoms with Crippen LogP contribution in [-0.4, -0.2) is 11.8 Å². The van der Waals surface area contributed by atoms with Crippen molar-refractivity contribution < 1.29 is 14.0 Å². The van der Waals surface area contributed by atoms with E-state index in [4.69, 9.17) is 0 Å². The Morgan fingerprint density at radius 3 is 1.72 bits per heavy atom. The van der Waals surface area contributed by atoms with Crippen LogP contribution in [0.25, 0.3) is 0 Å². The molecule has 5 heteroatoms. The van der Waals surface area contributed by atoms with E-state index in [1.54, 1.807) is 48.5 Å². The van der Waals surface area contributed by atoms with E-state index in [0.717, 1.165) is 0 Å². The molecule has 0 saturated heterocycles. The lowest BCUT2D eigenvalue weighted by molar-refractivity contribution is 0.101. The summed E-state index contributed by atoms with van der Waals surface area (Å²) in [6, 6.07) is 21.0. The van der Waals surface area contributed by atoms with Gasteiger partial charge in [-0.15, -0.1) is 0 Å². The fourth-order valence-electron chi connectivity index (χ4n) is 2.26. The molecule has 4 nitrogen and oxygen atoms in total. The summed E-state index contributed by atoms with van der Waals surface area (Å²) in [7, 11) is 0. The van der Waals surface area contributed by atoms with Gasteiger partial charge in [-0.3, -0.25) is 9.59 Å². The molecule has 25 heavy (non-hydrogen) atoms. The number of hydrogen-bond donors (Lipinski definition) is 2. The third-order valence-electron chi connectivity index (χ3n) is 3.52. The molecule has 0 saturated carbocycles. The molecule has 0 aliphatic carbocycles. The van der Waals surface area contributed by atoms with Gasteiger partial charge in [0.25, 0.3) is 11.8 Å². The molecule has 0 aliphatic heterocycles. The van der Waals surface area contributed by atoms with Gasteiger partial charge in [-0.2, -0.15) is 0 Å². The summed E-state index contributed by atoms with van der Waals surface area (Å²) < 4.78 is 13.2. The van der Waals surface area contributed by atoms with Crippen LogP contribution in [0.4, 0.5) is 15.8 Å². The number of amides is 2. The molecule has 0 spiro atoms. The molecule has 3 aromatic rings. The number of halogens is 1. The maximum atomic E-state index is 13.2. The molecule has 2 amide bonds. The van der Waals surface area contributed by atoms with Crippen LogP contribution in [0.5, 0.6) is 0 Å². The molecule has 0 bridgehead atoms. The lowest BCUT2D eigenvalue weighted by atomic mass is 10.2. The second-order valence-corrected chi connectivity index (χ2v) is 5.36. The third-order valence-corrected chi connectivity index (χ3v) is 3.52. The molecule has 0 radical (unpaired) electrons. The molecule has 0 fully saturated rings. The van der Waals surface area contributed by atoms with E-state index in [-0.39, 0.29) is 11.5 Å². The molecule has 2 N–H and O–H groups in total. The van der Waals surface area contributed by atoms with Gasteiger partial charge >= 0.3 is 0 Å². The van der Waals surface area contributed by atoms with Gasteiger partial charge in [0.1, 0.15) is 5.82 Å². The molecule has 3 rings (SSSR count). The van der Waals surface area contributed by atoms with Crippen molar-refractivity contribution >= 4 is 23.2 Å². The van der Waals surface area contributed by atoms with Crippen LogP contribution in [0.3, 0.4) is 0 Å². The molecule has 0 unspecified atom stereocenters. The van der Waals surface area contributed by atoms with E-state index in [0.29, 0.717) is 16.9 Å². The number of carbonyl (C=O) groups is 2. The summed E-state index contributed by atoms with van der Waals surface area (Å²) in [6.07, 6.45) is 0. The van der Waals surface area contributed by atoms with Gasteiger partial charge in [-0.1, -0.05) is 24.3 Å². The highest BCUT2D eigenvalue weighted by molar-refractivity contribution is 6.05. The van der Waals surface area contributed by atoms with Crippen LogP contribution in [0.15, 0.2) is 78.9 Å². The van der Waals surface area contributed by atoms with E-state index in [2.05, 4.69) is 10.6 Å². The van der Waals surface area contributed by atoms with E-state index >= 15 is 0 Å². The van der Waals surface area contributed by atoms with Gasteiger partial charge in [0.15, 0.2) is 0 Å². The van der Waals surface area contributed by atoms with Gasteiger partial charge in [-0.25, -0.2) is 4.39 Å². The minimum atomic E-state index is -0.466. The van der Waals surface area contributed by atoms with Crippen molar-refractivity contribution in [3.63, 3.8) is 0 Å². The van der Waals surface area contributed by atoms with Crippen LogP contribution in [0.2, 0.25) is 0 Å². The van der Waals surface area contributed by atoms with Gasteiger partial charge in [0.05, 0.1) is 0 Å². The summed E-state index contributed by atoms with van der Waals surface area (Å²) >= 11 is 0. The van der Waals surface area contributed by atoms with Crippen molar-refractivity contribution in [3.05, 3.63) is 95.8 Å². The zero-order valence-corrected chi connectivity index (χ0v) is 13.2. The highest BCUT2D eigenvalue weighted by Gasteiger charge is 2.08. The molecule has 0 aromatic heterocycles. The molecule has 124 valence electrons.